The van der Waals surface area contributed by atoms with Crippen LogP contribution < -0.4 is 0 Å². The third-order valence-electron chi connectivity index (χ3n) is 2.37. The standard InChI is InChI=1S/C12H16OS/c1-4-10-5-7-11(8-6-10)12(13)9(2)14-3/h5-9H,4H2,1-3H3. The number of benzene rings is 1. The Hall–Kier alpha value is -0.760. The second kappa shape index (κ2) is 5.20. The lowest BCUT2D eigenvalue weighted by molar-refractivity contribution is 0.0994. The SMILES string of the molecule is CCc1ccc(C(=O)C(C)SC)cc1. The predicted molar refractivity (Wildman–Crippen MR) is 63.1 cm³/mol. The minimum Gasteiger partial charge on any atom is -0.293 e. The number of Topliss-reactive ketones (excluding diaryl/α,β-unsaturated/α-hetero) is 1. The Kier molecular flexibility index (Phi) is 4.21. The Bertz CT molecular complexity index is 303. The van der Waals surface area contributed by atoms with Crippen LogP contribution in [0.15, 0.2) is 24.3 Å². The highest BCUT2D eigenvalue weighted by molar-refractivity contribution is 7.99. The molecule has 14 heavy (non-hydrogen) atoms. The van der Waals surface area contributed by atoms with Crippen molar-refractivity contribution in [2.24, 2.45) is 0 Å². The van der Waals surface area contributed by atoms with Crippen LogP contribution in [0.1, 0.15) is 29.8 Å². The third kappa shape index (κ3) is 2.61. The lowest BCUT2D eigenvalue weighted by Crippen LogP contribution is -2.12. The Morgan fingerprint density at radius 3 is 2.36 bits per heavy atom. The Labute approximate surface area is 89.9 Å². The number of thioether (sulfide) groups is 1. The highest BCUT2D eigenvalue weighted by Crippen LogP contribution is 2.14. The van der Waals surface area contributed by atoms with Crippen LogP contribution in [0.2, 0.25) is 0 Å². The monoisotopic (exact) mass is 208 g/mol. The van der Waals surface area contributed by atoms with Crippen LogP contribution in [-0.4, -0.2) is 17.3 Å². The van der Waals surface area contributed by atoms with Crippen molar-refractivity contribution < 1.29 is 4.79 Å². The molecule has 0 amide bonds. The van der Waals surface area contributed by atoms with Crippen molar-refractivity contribution >= 4 is 17.5 Å². The van der Waals surface area contributed by atoms with Crippen LogP contribution in [0.5, 0.6) is 0 Å². The van der Waals surface area contributed by atoms with Gasteiger partial charge in [0.15, 0.2) is 5.78 Å². The van der Waals surface area contributed by atoms with Crippen molar-refractivity contribution in [3.63, 3.8) is 0 Å². The molecule has 1 aromatic carbocycles. The average molecular weight is 208 g/mol. The first-order valence-corrected chi connectivity index (χ1v) is 6.13. The smallest absolute Gasteiger partial charge is 0.175 e. The summed E-state index contributed by atoms with van der Waals surface area (Å²) < 4.78 is 0. The van der Waals surface area contributed by atoms with Gasteiger partial charge in [0.1, 0.15) is 0 Å². The fourth-order valence-electron chi connectivity index (χ4n) is 1.25. The van der Waals surface area contributed by atoms with Crippen molar-refractivity contribution in [2.75, 3.05) is 6.26 Å². The fourth-order valence-corrected chi connectivity index (χ4v) is 1.60. The van der Waals surface area contributed by atoms with Crippen LogP contribution >= 0.6 is 11.8 Å². The van der Waals surface area contributed by atoms with E-state index in [0.29, 0.717) is 0 Å². The van der Waals surface area contributed by atoms with E-state index in [1.54, 1.807) is 11.8 Å². The summed E-state index contributed by atoms with van der Waals surface area (Å²) in [4.78, 5) is 11.8. The summed E-state index contributed by atoms with van der Waals surface area (Å²) in [6.07, 6.45) is 2.98. The molecule has 0 saturated heterocycles. The Balaban J connectivity index is 2.81. The van der Waals surface area contributed by atoms with Crippen molar-refractivity contribution in [3.8, 4) is 0 Å². The molecule has 0 aliphatic rings. The molecule has 0 bridgehead atoms. The summed E-state index contributed by atoms with van der Waals surface area (Å²) in [6.45, 7) is 4.06. The molecule has 0 saturated carbocycles. The number of carbonyl (C=O) groups excluding carboxylic acids is 1. The van der Waals surface area contributed by atoms with Crippen LogP contribution in [0, 0.1) is 0 Å². The van der Waals surface area contributed by atoms with Gasteiger partial charge in [0.25, 0.3) is 0 Å². The molecule has 76 valence electrons. The molecule has 0 spiro atoms. The summed E-state index contributed by atoms with van der Waals surface area (Å²) in [7, 11) is 0. The maximum absolute atomic E-state index is 11.8. The molecule has 1 aromatic rings. The maximum Gasteiger partial charge on any atom is 0.175 e. The van der Waals surface area contributed by atoms with Gasteiger partial charge >= 0.3 is 0 Å². The van der Waals surface area contributed by atoms with Crippen molar-refractivity contribution in [3.05, 3.63) is 35.4 Å². The first kappa shape index (κ1) is 11.3. The first-order chi connectivity index (χ1) is 6.69. The third-order valence-corrected chi connectivity index (χ3v) is 3.29. The van der Waals surface area contributed by atoms with Gasteiger partial charge < -0.3 is 0 Å². The van der Waals surface area contributed by atoms with Crippen molar-refractivity contribution in [1.29, 1.82) is 0 Å². The lowest BCUT2D eigenvalue weighted by Gasteiger charge is -2.07. The lowest BCUT2D eigenvalue weighted by atomic mass is 10.1. The number of hydrogen-bond donors (Lipinski definition) is 0. The van der Waals surface area contributed by atoms with Crippen LogP contribution in [0.4, 0.5) is 0 Å². The molecule has 0 aliphatic carbocycles. The number of carbonyl (C=O) groups is 1. The molecule has 0 radical (unpaired) electrons. The van der Waals surface area contributed by atoms with E-state index in [4.69, 9.17) is 0 Å². The van der Waals surface area contributed by atoms with Gasteiger partial charge in [-0.25, -0.2) is 0 Å². The van der Waals surface area contributed by atoms with E-state index in [0.717, 1.165) is 12.0 Å². The summed E-state index contributed by atoms with van der Waals surface area (Å²) in [5.41, 5.74) is 2.10. The summed E-state index contributed by atoms with van der Waals surface area (Å²) in [5.74, 6) is 0.222. The Morgan fingerprint density at radius 1 is 1.36 bits per heavy atom. The van der Waals surface area contributed by atoms with Gasteiger partial charge in [-0.3, -0.25) is 4.79 Å². The number of ketones is 1. The highest BCUT2D eigenvalue weighted by atomic mass is 32.2. The normalized spacial score (nSPS) is 12.5. The molecular weight excluding hydrogens is 192 g/mol. The topological polar surface area (TPSA) is 17.1 Å². The fraction of sp³-hybridized carbons (Fsp3) is 0.417. The molecule has 1 unspecified atom stereocenters. The number of aryl methyl sites for hydroxylation is 1. The molecule has 2 heteroatoms. The Morgan fingerprint density at radius 2 is 1.93 bits per heavy atom. The minimum absolute atomic E-state index is 0.0578. The van der Waals surface area contributed by atoms with E-state index in [-0.39, 0.29) is 11.0 Å². The minimum atomic E-state index is 0.0578. The van der Waals surface area contributed by atoms with E-state index in [2.05, 4.69) is 6.92 Å². The van der Waals surface area contributed by atoms with Gasteiger partial charge in [-0.15, -0.1) is 0 Å². The largest absolute Gasteiger partial charge is 0.293 e. The van der Waals surface area contributed by atoms with Gasteiger partial charge in [-0.1, -0.05) is 31.2 Å². The van der Waals surface area contributed by atoms with Crippen molar-refractivity contribution in [2.45, 2.75) is 25.5 Å². The quantitative estimate of drug-likeness (QED) is 0.707. The van der Waals surface area contributed by atoms with E-state index < -0.39 is 0 Å². The predicted octanol–water partition coefficient (Wildman–Crippen LogP) is 3.18. The second-order valence-corrected chi connectivity index (χ2v) is 4.47. The van der Waals surface area contributed by atoms with E-state index in [1.807, 2.05) is 37.4 Å². The highest BCUT2D eigenvalue weighted by Gasteiger charge is 2.12. The zero-order valence-electron chi connectivity index (χ0n) is 8.91. The van der Waals surface area contributed by atoms with Crippen LogP contribution in [0.3, 0.4) is 0 Å². The van der Waals surface area contributed by atoms with Gasteiger partial charge in [-0.05, 0) is 25.2 Å². The molecule has 0 fully saturated rings. The van der Waals surface area contributed by atoms with Crippen molar-refractivity contribution in [1.82, 2.24) is 0 Å². The van der Waals surface area contributed by atoms with Crippen LogP contribution in [-0.2, 0) is 6.42 Å². The average Bonchev–Trinajstić information content (AvgIpc) is 2.27. The van der Waals surface area contributed by atoms with Crippen LogP contribution in [0.25, 0.3) is 0 Å². The molecule has 0 heterocycles. The molecule has 1 rings (SSSR count). The maximum atomic E-state index is 11.8. The molecule has 0 aromatic heterocycles. The van der Waals surface area contributed by atoms with E-state index in [1.165, 1.54) is 5.56 Å². The summed E-state index contributed by atoms with van der Waals surface area (Å²) in [6, 6.07) is 7.91. The summed E-state index contributed by atoms with van der Waals surface area (Å²) in [5, 5.41) is 0.0578. The zero-order chi connectivity index (χ0) is 10.6. The van der Waals surface area contributed by atoms with Gasteiger partial charge in [0, 0.05) is 5.56 Å². The molecule has 1 nitrogen and oxygen atoms in total. The zero-order valence-corrected chi connectivity index (χ0v) is 9.73. The molecule has 0 N–H and O–H groups in total. The first-order valence-electron chi connectivity index (χ1n) is 4.85. The number of rotatable bonds is 4. The molecule has 0 aliphatic heterocycles. The van der Waals surface area contributed by atoms with E-state index in [9.17, 15) is 4.79 Å². The van der Waals surface area contributed by atoms with E-state index >= 15 is 0 Å². The summed E-state index contributed by atoms with van der Waals surface area (Å²) >= 11 is 1.59. The van der Waals surface area contributed by atoms with Gasteiger partial charge in [0.2, 0.25) is 0 Å². The van der Waals surface area contributed by atoms with Gasteiger partial charge in [0.05, 0.1) is 5.25 Å². The number of hydrogen-bond acceptors (Lipinski definition) is 2. The van der Waals surface area contributed by atoms with Gasteiger partial charge in [-0.2, -0.15) is 11.8 Å². The molecule has 1 atom stereocenters. The second-order valence-electron chi connectivity index (χ2n) is 3.29. The molecular formula is C12H16OS.